The number of hydrogen-bond acceptors (Lipinski definition) is 5. The summed E-state index contributed by atoms with van der Waals surface area (Å²) in [6.07, 6.45) is -0.408. The van der Waals surface area contributed by atoms with Crippen molar-refractivity contribution in [1.82, 2.24) is 4.98 Å². The quantitative estimate of drug-likeness (QED) is 0.453. The molecule has 1 aromatic heterocycles. The molecule has 0 saturated heterocycles. The SMILES string of the molecule is C[C@H](OC(=O)CCc1nc2ccccc2o1)C(=O)c1ccc(Br)cc1. The van der Waals surface area contributed by atoms with E-state index in [0.29, 0.717) is 23.5 Å². The van der Waals surface area contributed by atoms with E-state index in [9.17, 15) is 9.59 Å². The van der Waals surface area contributed by atoms with Crippen LogP contribution in [0.25, 0.3) is 11.1 Å². The lowest BCUT2D eigenvalue weighted by molar-refractivity contribution is -0.146. The zero-order valence-electron chi connectivity index (χ0n) is 13.6. The van der Waals surface area contributed by atoms with E-state index in [1.165, 1.54) is 0 Å². The van der Waals surface area contributed by atoms with E-state index < -0.39 is 12.1 Å². The highest BCUT2D eigenvalue weighted by Crippen LogP contribution is 2.16. The Labute approximate surface area is 153 Å². The first-order valence-electron chi connectivity index (χ1n) is 7.86. The second-order valence-corrected chi connectivity index (χ2v) is 6.49. The number of Topliss-reactive ketones (excluding diaryl/α,β-unsaturated/α-hetero) is 1. The van der Waals surface area contributed by atoms with E-state index in [1.54, 1.807) is 31.2 Å². The van der Waals surface area contributed by atoms with Gasteiger partial charge < -0.3 is 9.15 Å². The standard InChI is InChI=1S/C19H16BrNO4/c1-12(19(23)13-6-8-14(20)9-7-13)24-18(22)11-10-17-21-15-4-2-3-5-16(15)25-17/h2-9,12H,10-11H2,1H3/t12-/m0/s1. The Morgan fingerprint density at radius 2 is 1.88 bits per heavy atom. The van der Waals surface area contributed by atoms with Crippen molar-refractivity contribution in [2.24, 2.45) is 0 Å². The zero-order valence-corrected chi connectivity index (χ0v) is 15.2. The molecule has 1 atom stereocenters. The van der Waals surface area contributed by atoms with Crippen molar-refractivity contribution < 1.29 is 18.7 Å². The molecule has 0 N–H and O–H groups in total. The number of ketones is 1. The first-order chi connectivity index (χ1) is 12.0. The molecule has 0 spiro atoms. The first-order valence-corrected chi connectivity index (χ1v) is 8.66. The van der Waals surface area contributed by atoms with Gasteiger partial charge in [-0.1, -0.05) is 40.2 Å². The number of rotatable bonds is 6. The highest BCUT2D eigenvalue weighted by molar-refractivity contribution is 9.10. The van der Waals surface area contributed by atoms with Gasteiger partial charge in [-0.3, -0.25) is 9.59 Å². The van der Waals surface area contributed by atoms with Crippen LogP contribution in [0.5, 0.6) is 0 Å². The predicted octanol–water partition coefficient (Wildman–Crippen LogP) is 4.34. The highest BCUT2D eigenvalue weighted by Gasteiger charge is 2.20. The molecule has 2 aromatic carbocycles. The number of hydrogen-bond donors (Lipinski definition) is 0. The molecule has 1 heterocycles. The second-order valence-electron chi connectivity index (χ2n) is 5.58. The predicted molar refractivity (Wildman–Crippen MR) is 96.4 cm³/mol. The minimum Gasteiger partial charge on any atom is -0.454 e. The lowest BCUT2D eigenvalue weighted by Gasteiger charge is -2.12. The molecule has 5 nitrogen and oxygen atoms in total. The van der Waals surface area contributed by atoms with Gasteiger partial charge in [-0.05, 0) is 31.2 Å². The monoisotopic (exact) mass is 401 g/mol. The number of oxazole rings is 1. The van der Waals surface area contributed by atoms with Crippen LogP contribution in [0, 0.1) is 0 Å². The summed E-state index contributed by atoms with van der Waals surface area (Å²) in [5.41, 5.74) is 1.94. The summed E-state index contributed by atoms with van der Waals surface area (Å²) in [6, 6.07) is 14.3. The fourth-order valence-electron chi connectivity index (χ4n) is 2.39. The maximum Gasteiger partial charge on any atom is 0.307 e. The van der Waals surface area contributed by atoms with E-state index >= 15 is 0 Å². The van der Waals surface area contributed by atoms with Gasteiger partial charge in [-0.15, -0.1) is 0 Å². The Bertz CT molecular complexity index is 868. The van der Waals surface area contributed by atoms with E-state index in [1.807, 2.05) is 24.3 Å². The summed E-state index contributed by atoms with van der Waals surface area (Å²) in [7, 11) is 0. The van der Waals surface area contributed by atoms with Crippen LogP contribution in [0.4, 0.5) is 0 Å². The number of carbonyl (C=O) groups is 2. The lowest BCUT2D eigenvalue weighted by atomic mass is 10.1. The number of para-hydroxylation sites is 2. The summed E-state index contributed by atoms with van der Waals surface area (Å²) in [5, 5.41) is 0. The fourth-order valence-corrected chi connectivity index (χ4v) is 2.66. The number of esters is 1. The number of aryl methyl sites for hydroxylation is 1. The van der Waals surface area contributed by atoms with Gasteiger partial charge in [0.1, 0.15) is 5.52 Å². The van der Waals surface area contributed by atoms with E-state index in [-0.39, 0.29) is 12.2 Å². The molecule has 0 bridgehead atoms. The molecule has 3 aromatic rings. The van der Waals surface area contributed by atoms with E-state index in [0.717, 1.165) is 9.99 Å². The largest absolute Gasteiger partial charge is 0.454 e. The van der Waals surface area contributed by atoms with Gasteiger partial charge in [0.2, 0.25) is 5.78 Å². The molecule has 3 rings (SSSR count). The summed E-state index contributed by atoms with van der Waals surface area (Å²) in [5.74, 6) is -0.215. The van der Waals surface area contributed by atoms with Gasteiger partial charge in [0.25, 0.3) is 0 Å². The van der Waals surface area contributed by atoms with Crippen LogP contribution < -0.4 is 0 Å². The molecule has 128 valence electrons. The highest BCUT2D eigenvalue weighted by atomic mass is 79.9. The molecule has 0 amide bonds. The molecule has 0 aliphatic heterocycles. The number of benzene rings is 2. The van der Waals surface area contributed by atoms with Crippen LogP contribution in [0.3, 0.4) is 0 Å². The molecule has 0 fully saturated rings. The molecule has 0 radical (unpaired) electrons. The normalized spacial score (nSPS) is 12.1. The minimum absolute atomic E-state index is 0.102. The molecule has 0 aliphatic carbocycles. The molecule has 0 aliphatic rings. The Hall–Kier alpha value is -2.47. The summed E-state index contributed by atoms with van der Waals surface area (Å²) < 4.78 is 11.7. The summed E-state index contributed by atoms with van der Waals surface area (Å²) >= 11 is 3.32. The maximum atomic E-state index is 12.3. The van der Waals surface area contributed by atoms with Crippen molar-refractivity contribution in [3.05, 3.63) is 64.5 Å². The second kappa shape index (κ2) is 7.61. The lowest BCUT2D eigenvalue weighted by Crippen LogP contribution is -2.24. The van der Waals surface area contributed by atoms with Crippen molar-refractivity contribution in [2.45, 2.75) is 25.9 Å². The Morgan fingerprint density at radius 3 is 2.60 bits per heavy atom. The third-order valence-electron chi connectivity index (χ3n) is 3.69. The van der Waals surface area contributed by atoms with Crippen LogP contribution in [-0.2, 0) is 16.0 Å². The van der Waals surface area contributed by atoms with Crippen molar-refractivity contribution in [3.8, 4) is 0 Å². The third-order valence-corrected chi connectivity index (χ3v) is 4.22. The van der Waals surface area contributed by atoms with E-state index in [2.05, 4.69) is 20.9 Å². The van der Waals surface area contributed by atoms with Crippen LogP contribution in [0.2, 0.25) is 0 Å². The molecular weight excluding hydrogens is 386 g/mol. The van der Waals surface area contributed by atoms with Crippen LogP contribution in [-0.4, -0.2) is 22.8 Å². The summed E-state index contributed by atoms with van der Waals surface area (Å²) in [6.45, 7) is 1.57. The smallest absolute Gasteiger partial charge is 0.307 e. The van der Waals surface area contributed by atoms with Crippen LogP contribution in [0.15, 0.2) is 57.4 Å². The van der Waals surface area contributed by atoms with Gasteiger partial charge >= 0.3 is 5.97 Å². The van der Waals surface area contributed by atoms with Crippen LogP contribution >= 0.6 is 15.9 Å². The van der Waals surface area contributed by atoms with Crippen LogP contribution in [0.1, 0.15) is 29.6 Å². The van der Waals surface area contributed by atoms with Crippen molar-refractivity contribution >= 4 is 38.8 Å². The van der Waals surface area contributed by atoms with Gasteiger partial charge in [-0.25, -0.2) is 4.98 Å². The number of fused-ring (bicyclic) bond motifs is 1. The van der Waals surface area contributed by atoms with Crippen molar-refractivity contribution in [2.75, 3.05) is 0 Å². The van der Waals surface area contributed by atoms with Gasteiger partial charge in [0, 0.05) is 16.5 Å². The molecule has 6 heteroatoms. The Balaban J connectivity index is 1.54. The zero-order chi connectivity index (χ0) is 17.8. The minimum atomic E-state index is -0.836. The molecule has 0 saturated carbocycles. The molecule has 0 unspecified atom stereocenters. The fraction of sp³-hybridized carbons (Fsp3) is 0.211. The average Bonchev–Trinajstić information content (AvgIpc) is 3.03. The number of nitrogens with zero attached hydrogens (tertiary/aromatic N) is 1. The van der Waals surface area contributed by atoms with Crippen molar-refractivity contribution in [3.63, 3.8) is 0 Å². The van der Waals surface area contributed by atoms with Gasteiger partial charge in [0.05, 0.1) is 6.42 Å². The summed E-state index contributed by atoms with van der Waals surface area (Å²) in [4.78, 5) is 28.5. The molecule has 25 heavy (non-hydrogen) atoms. The number of halogens is 1. The number of carbonyl (C=O) groups excluding carboxylic acids is 2. The Kier molecular flexibility index (Phi) is 5.28. The Morgan fingerprint density at radius 1 is 1.16 bits per heavy atom. The molecular formula is C19H16BrNO4. The topological polar surface area (TPSA) is 69.4 Å². The average molecular weight is 402 g/mol. The van der Waals surface area contributed by atoms with Crippen molar-refractivity contribution in [1.29, 1.82) is 0 Å². The third kappa shape index (κ3) is 4.33. The van der Waals surface area contributed by atoms with Gasteiger partial charge in [-0.2, -0.15) is 0 Å². The first kappa shape index (κ1) is 17.4. The number of aromatic nitrogens is 1. The van der Waals surface area contributed by atoms with E-state index in [4.69, 9.17) is 9.15 Å². The maximum absolute atomic E-state index is 12.3. The number of ether oxygens (including phenoxy) is 1. The van der Waals surface area contributed by atoms with Gasteiger partial charge in [0.15, 0.2) is 17.6 Å².